The van der Waals surface area contributed by atoms with Crippen LogP contribution in [0, 0.1) is 6.92 Å². The van der Waals surface area contributed by atoms with Crippen molar-refractivity contribution in [3.63, 3.8) is 0 Å². The topological polar surface area (TPSA) is 69.2 Å². The molecule has 0 spiro atoms. The van der Waals surface area contributed by atoms with Crippen molar-refractivity contribution in [3.05, 3.63) is 65.2 Å². The van der Waals surface area contributed by atoms with Crippen molar-refractivity contribution in [2.24, 2.45) is 5.10 Å². The maximum absolute atomic E-state index is 11.9. The summed E-state index contributed by atoms with van der Waals surface area (Å²) in [4.78, 5) is 11.9. The summed E-state index contributed by atoms with van der Waals surface area (Å²) in [6.07, 6.45) is 1.69. The Morgan fingerprint density at radius 2 is 1.81 bits per heavy atom. The first-order chi connectivity index (χ1) is 13.0. The summed E-state index contributed by atoms with van der Waals surface area (Å²) in [7, 11) is 0. The Hall–Kier alpha value is -2.70. The predicted octanol–water partition coefficient (Wildman–Crippen LogP) is 3.18. The quantitative estimate of drug-likeness (QED) is 0.602. The molecule has 1 amide bonds. The van der Waals surface area contributed by atoms with Gasteiger partial charge in [-0.1, -0.05) is 29.8 Å². The van der Waals surface area contributed by atoms with Gasteiger partial charge in [-0.25, -0.2) is 5.43 Å². The lowest BCUT2D eigenvalue weighted by molar-refractivity contribution is -0.159. The number of rotatable bonds is 7. The van der Waals surface area contributed by atoms with Crippen LogP contribution in [0.15, 0.2) is 53.6 Å². The van der Waals surface area contributed by atoms with Crippen LogP contribution in [0.2, 0.25) is 0 Å². The number of carbonyl (C=O) groups is 1. The van der Waals surface area contributed by atoms with Crippen molar-refractivity contribution in [2.45, 2.75) is 32.7 Å². The smallest absolute Gasteiger partial charge is 0.245 e. The van der Waals surface area contributed by atoms with E-state index in [9.17, 15) is 4.79 Å². The number of nitrogens with one attached hydrogen (secondary N) is 1. The zero-order valence-electron chi connectivity index (χ0n) is 15.6. The molecule has 0 unspecified atom stereocenters. The average molecular weight is 368 g/mol. The van der Waals surface area contributed by atoms with Gasteiger partial charge in [0.1, 0.15) is 12.4 Å². The van der Waals surface area contributed by atoms with Gasteiger partial charge < -0.3 is 14.2 Å². The monoisotopic (exact) mass is 368 g/mol. The minimum Gasteiger partial charge on any atom is -0.489 e. The van der Waals surface area contributed by atoms with Crippen LogP contribution in [0.1, 0.15) is 30.0 Å². The largest absolute Gasteiger partial charge is 0.489 e. The lowest BCUT2D eigenvalue weighted by atomic mass is 10.2. The zero-order valence-corrected chi connectivity index (χ0v) is 15.6. The Balaban J connectivity index is 1.44. The molecular weight excluding hydrogens is 344 g/mol. The third-order valence-electron chi connectivity index (χ3n) is 4.19. The summed E-state index contributed by atoms with van der Waals surface area (Å²) < 4.78 is 16.6. The summed E-state index contributed by atoms with van der Waals surface area (Å²) in [6.45, 7) is 5.34. The molecule has 6 nitrogen and oxygen atoms in total. The molecule has 1 aliphatic heterocycles. The van der Waals surface area contributed by atoms with Gasteiger partial charge in [0.05, 0.1) is 25.8 Å². The highest BCUT2D eigenvalue weighted by Crippen LogP contribution is 2.22. The number of amides is 1. The van der Waals surface area contributed by atoms with E-state index in [0.717, 1.165) is 16.9 Å². The number of hydrogen-bond donors (Lipinski definition) is 1. The molecule has 27 heavy (non-hydrogen) atoms. The van der Waals surface area contributed by atoms with Crippen LogP contribution in [-0.4, -0.2) is 31.1 Å². The minimum atomic E-state index is -0.851. The summed E-state index contributed by atoms with van der Waals surface area (Å²) in [5.41, 5.74) is 5.70. The van der Waals surface area contributed by atoms with Crippen molar-refractivity contribution < 1.29 is 19.0 Å². The van der Waals surface area contributed by atoms with Crippen LogP contribution in [0.3, 0.4) is 0 Å². The van der Waals surface area contributed by atoms with E-state index in [0.29, 0.717) is 19.8 Å². The molecule has 2 aromatic carbocycles. The van der Waals surface area contributed by atoms with E-state index in [1.54, 1.807) is 13.1 Å². The molecule has 2 aromatic rings. The van der Waals surface area contributed by atoms with Gasteiger partial charge in [-0.2, -0.15) is 5.10 Å². The number of benzene rings is 2. The maximum Gasteiger partial charge on any atom is 0.245 e. The number of aryl methyl sites for hydroxylation is 1. The summed E-state index contributed by atoms with van der Waals surface area (Å²) >= 11 is 0. The normalized spacial score (nSPS) is 15.8. The van der Waals surface area contributed by atoms with Crippen LogP contribution < -0.4 is 10.2 Å². The lowest BCUT2D eigenvalue weighted by Crippen LogP contribution is -2.33. The predicted molar refractivity (Wildman–Crippen MR) is 103 cm³/mol. The van der Waals surface area contributed by atoms with Gasteiger partial charge in [0.25, 0.3) is 0 Å². The highest BCUT2D eigenvalue weighted by molar-refractivity contribution is 5.82. The van der Waals surface area contributed by atoms with E-state index in [-0.39, 0.29) is 12.3 Å². The molecule has 0 aliphatic carbocycles. The Labute approximate surface area is 159 Å². The molecule has 1 saturated heterocycles. The van der Waals surface area contributed by atoms with E-state index in [1.165, 1.54) is 5.56 Å². The van der Waals surface area contributed by atoms with Gasteiger partial charge in [0.2, 0.25) is 5.91 Å². The molecule has 0 bridgehead atoms. The molecule has 0 radical (unpaired) electrons. The first-order valence-corrected chi connectivity index (χ1v) is 8.91. The van der Waals surface area contributed by atoms with Crippen molar-refractivity contribution in [1.29, 1.82) is 0 Å². The third-order valence-corrected chi connectivity index (χ3v) is 4.19. The Bertz CT molecular complexity index is 779. The molecule has 1 fully saturated rings. The molecule has 0 aromatic heterocycles. The van der Waals surface area contributed by atoms with E-state index < -0.39 is 5.79 Å². The van der Waals surface area contributed by atoms with Crippen molar-refractivity contribution in [1.82, 2.24) is 5.43 Å². The van der Waals surface area contributed by atoms with Crippen LogP contribution in [0.5, 0.6) is 5.75 Å². The molecule has 3 rings (SSSR count). The average Bonchev–Trinajstić information content (AvgIpc) is 3.08. The molecule has 1 aliphatic rings. The molecule has 6 heteroatoms. The van der Waals surface area contributed by atoms with E-state index in [2.05, 4.69) is 41.7 Å². The second-order valence-corrected chi connectivity index (χ2v) is 6.64. The standard InChI is InChI=1S/C21H24N2O4/c1-16-3-5-18(6-4-16)15-25-19-9-7-17(8-10-19)14-22-23-20(24)13-21(2)26-11-12-27-21/h3-10,14H,11-13,15H2,1-2H3,(H,23,24)/b22-14-. The number of ether oxygens (including phenoxy) is 3. The summed E-state index contributed by atoms with van der Waals surface area (Å²) in [6, 6.07) is 15.8. The summed E-state index contributed by atoms with van der Waals surface area (Å²) in [5.74, 6) is -0.329. The van der Waals surface area contributed by atoms with Gasteiger partial charge in [0.15, 0.2) is 5.79 Å². The molecule has 0 saturated carbocycles. The van der Waals surface area contributed by atoms with Crippen LogP contribution in [0.4, 0.5) is 0 Å². The van der Waals surface area contributed by atoms with Crippen LogP contribution >= 0.6 is 0 Å². The molecule has 1 N–H and O–H groups in total. The number of hydrazone groups is 1. The van der Waals surface area contributed by atoms with Crippen LogP contribution in [0.25, 0.3) is 0 Å². The second-order valence-electron chi connectivity index (χ2n) is 6.64. The van der Waals surface area contributed by atoms with Crippen LogP contribution in [-0.2, 0) is 20.9 Å². The van der Waals surface area contributed by atoms with Crippen molar-refractivity contribution in [3.8, 4) is 5.75 Å². The second kappa shape index (κ2) is 8.79. The minimum absolute atomic E-state index is 0.107. The highest BCUT2D eigenvalue weighted by atomic mass is 16.7. The van der Waals surface area contributed by atoms with E-state index in [1.807, 2.05) is 24.3 Å². The Kier molecular flexibility index (Phi) is 6.21. The molecule has 1 heterocycles. The Morgan fingerprint density at radius 1 is 1.15 bits per heavy atom. The maximum atomic E-state index is 11.9. The number of hydrogen-bond acceptors (Lipinski definition) is 5. The van der Waals surface area contributed by atoms with Gasteiger partial charge in [-0.15, -0.1) is 0 Å². The number of nitrogens with zero attached hydrogens (tertiary/aromatic N) is 1. The Morgan fingerprint density at radius 3 is 2.48 bits per heavy atom. The molecule has 0 atom stereocenters. The first-order valence-electron chi connectivity index (χ1n) is 8.91. The van der Waals surface area contributed by atoms with Crippen molar-refractivity contribution in [2.75, 3.05) is 13.2 Å². The first kappa shape index (κ1) is 19.1. The zero-order chi connectivity index (χ0) is 19.1. The van der Waals surface area contributed by atoms with E-state index in [4.69, 9.17) is 14.2 Å². The fourth-order valence-electron chi connectivity index (χ4n) is 2.67. The lowest BCUT2D eigenvalue weighted by Gasteiger charge is -2.20. The van der Waals surface area contributed by atoms with Gasteiger partial charge >= 0.3 is 0 Å². The van der Waals surface area contributed by atoms with Crippen molar-refractivity contribution >= 4 is 12.1 Å². The molecular formula is C21H24N2O4. The highest BCUT2D eigenvalue weighted by Gasteiger charge is 2.33. The van der Waals surface area contributed by atoms with Gasteiger partial charge in [0, 0.05) is 0 Å². The molecule has 142 valence electrons. The fourth-order valence-corrected chi connectivity index (χ4v) is 2.67. The van der Waals surface area contributed by atoms with Gasteiger partial charge in [-0.05, 0) is 49.2 Å². The third kappa shape index (κ3) is 5.91. The van der Waals surface area contributed by atoms with Gasteiger partial charge in [-0.3, -0.25) is 4.79 Å². The van der Waals surface area contributed by atoms with E-state index >= 15 is 0 Å². The number of carbonyl (C=O) groups excluding carboxylic acids is 1. The fraction of sp³-hybridized carbons (Fsp3) is 0.333. The SMILES string of the molecule is Cc1ccc(COc2ccc(/C=N\NC(=O)CC3(C)OCCO3)cc2)cc1. The summed E-state index contributed by atoms with van der Waals surface area (Å²) in [5, 5.41) is 3.97.